The Labute approximate surface area is 147 Å². The van der Waals surface area contributed by atoms with Crippen molar-refractivity contribution in [3.8, 4) is 0 Å². The lowest BCUT2D eigenvalue weighted by Crippen LogP contribution is -2.42. The zero-order chi connectivity index (χ0) is 18.2. The van der Waals surface area contributed by atoms with Gasteiger partial charge in [0.05, 0.1) is 12.1 Å². The largest absolute Gasteiger partial charge is 0.375 e. The Morgan fingerprint density at radius 3 is 2.68 bits per heavy atom. The maximum Gasteiger partial charge on any atom is 0.264 e. The molecule has 0 bridgehead atoms. The van der Waals surface area contributed by atoms with Crippen molar-refractivity contribution in [3.63, 3.8) is 0 Å². The third-order valence-corrected chi connectivity index (χ3v) is 4.66. The summed E-state index contributed by atoms with van der Waals surface area (Å²) in [6.45, 7) is 7.72. The van der Waals surface area contributed by atoms with Gasteiger partial charge >= 0.3 is 0 Å². The molecule has 0 saturated carbocycles. The minimum Gasteiger partial charge on any atom is -0.375 e. The summed E-state index contributed by atoms with van der Waals surface area (Å²) in [5.41, 5.74) is 1.60. The highest BCUT2D eigenvalue weighted by Gasteiger charge is 2.50. The molecule has 0 unspecified atom stereocenters. The molecule has 4 heteroatoms. The molecule has 2 aromatic carbocycles. The number of benzene rings is 2. The van der Waals surface area contributed by atoms with Gasteiger partial charge in [-0.3, -0.25) is 9.59 Å². The van der Waals surface area contributed by atoms with Crippen molar-refractivity contribution >= 4 is 17.4 Å². The van der Waals surface area contributed by atoms with Crippen LogP contribution in [0, 0.1) is 13.8 Å². The van der Waals surface area contributed by atoms with Crippen LogP contribution in [-0.4, -0.2) is 23.3 Å². The number of amides is 1. The standard InChI is InChI=1S/C21H21NO3/c1-4-11-22-18-8-6-5-7-17(18)21(25,20(22)24)13-19(23)16-12-14(2)9-10-15(16)3/h4-10,12,25H,1,11,13H2,2-3H3/t21-/m0/s1. The van der Waals surface area contributed by atoms with Crippen LogP contribution in [0.15, 0.2) is 55.1 Å². The number of aliphatic hydroxyl groups is 1. The van der Waals surface area contributed by atoms with Crippen LogP contribution in [0.4, 0.5) is 5.69 Å². The van der Waals surface area contributed by atoms with Crippen molar-refractivity contribution in [1.82, 2.24) is 0 Å². The Bertz CT molecular complexity index is 871. The van der Waals surface area contributed by atoms with Gasteiger partial charge in [-0.25, -0.2) is 0 Å². The molecule has 0 radical (unpaired) electrons. The van der Waals surface area contributed by atoms with E-state index in [1.54, 1.807) is 36.4 Å². The van der Waals surface area contributed by atoms with E-state index in [0.717, 1.165) is 11.1 Å². The number of hydrogen-bond acceptors (Lipinski definition) is 3. The molecule has 1 heterocycles. The molecular formula is C21H21NO3. The molecule has 0 fully saturated rings. The summed E-state index contributed by atoms with van der Waals surface area (Å²) < 4.78 is 0. The number of carbonyl (C=O) groups excluding carboxylic acids is 2. The van der Waals surface area contributed by atoms with E-state index in [9.17, 15) is 14.7 Å². The first-order valence-electron chi connectivity index (χ1n) is 8.23. The maximum absolute atomic E-state index is 12.9. The number of aryl methyl sites for hydroxylation is 2. The highest BCUT2D eigenvalue weighted by Crippen LogP contribution is 2.42. The van der Waals surface area contributed by atoms with E-state index < -0.39 is 11.5 Å². The molecule has 2 aromatic rings. The lowest BCUT2D eigenvalue weighted by Gasteiger charge is -2.22. The highest BCUT2D eigenvalue weighted by atomic mass is 16.3. The number of anilines is 1. The second-order valence-corrected chi connectivity index (χ2v) is 6.50. The van der Waals surface area contributed by atoms with E-state index in [4.69, 9.17) is 0 Å². The van der Waals surface area contributed by atoms with Crippen LogP contribution in [0.25, 0.3) is 0 Å². The molecule has 0 spiro atoms. The van der Waals surface area contributed by atoms with Gasteiger partial charge in [-0.2, -0.15) is 0 Å². The predicted molar refractivity (Wildman–Crippen MR) is 97.8 cm³/mol. The number of Topliss-reactive ketones (excluding diaryl/α,β-unsaturated/α-hetero) is 1. The number of rotatable bonds is 5. The molecule has 1 aliphatic rings. The fourth-order valence-corrected chi connectivity index (χ4v) is 3.35. The van der Waals surface area contributed by atoms with Crippen molar-refractivity contribution < 1.29 is 14.7 Å². The molecule has 1 atom stereocenters. The molecular weight excluding hydrogens is 314 g/mol. The number of ketones is 1. The summed E-state index contributed by atoms with van der Waals surface area (Å²) in [7, 11) is 0. The van der Waals surface area contributed by atoms with Gasteiger partial charge in [0, 0.05) is 17.7 Å². The predicted octanol–water partition coefficient (Wildman–Crippen LogP) is 3.30. The summed E-state index contributed by atoms with van der Waals surface area (Å²) in [6.07, 6.45) is 1.33. The molecule has 0 aromatic heterocycles. The van der Waals surface area contributed by atoms with Crippen molar-refractivity contribution in [2.45, 2.75) is 25.9 Å². The van der Waals surface area contributed by atoms with Crippen LogP contribution in [0.1, 0.15) is 33.5 Å². The van der Waals surface area contributed by atoms with Crippen LogP contribution < -0.4 is 4.90 Å². The Morgan fingerprint density at radius 1 is 1.24 bits per heavy atom. The van der Waals surface area contributed by atoms with Crippen LogP contribution in [0.2, 0.25) is 0 Å². The van der Waals surface area contributed by atoms with Gasteiger partial charge in [0.2, 0.25) is 0 Å². The maximum atomic E-state index is 12.9. The first-order chi connectivity index (χ1) is 11.9. The summed E-state index contributed by atoms with van der Waals surface area (Å²) in [5.74, 6) is -0.723. The minimum atomic E-state index is -1.84. The SMILES string of the molecule is C=CCN1C(=O)[C@](O)(CC(=O)c2cc(C)ccc2C)c2ccccc21. The number of hydrogen-bond donors (Lipinski definition) is 1. The first kappa shape index (κ1) is 17.1. The number of fused-ring (bicyclic) bond motifs is 1. The third kappa shape index (κ3) is 2.79. The monoisotopic (exact) mass is 335 g/mol. The molecule has 4 nitrogen and oxygen atoms in total. The molecule has 3 rings (SSSR count). The number of carbonyl (C=O) groups is 2. The minimum absolute atomic E-state index is 0.243. The van der Waals surface area contributed by atoms with Crippen LogP contribution >= 0.6 is 0 Å². The second-order valence-electron chi connectivity index (χ2n) is 6.50. The number of para-hydroxylation sites is 1. The fraction of sp³-hybridized carbons (Fsp3) is 0.238. The van der Waals surface area contributed by atoms with E-state index in [2.05, 4.69) is 6.58 Å². The van der Waals surface area contributed by atoms with E-state index in [-0.39, 0.29) is 18.7 Å². The van der Waals surface area contributed by atoms with Gasteiger partial charge in [0.25, 0.3) is 5.91 Å². The van der Waals surface area contributed by atoms with Gasteiger partial charge < -0.3 is 10.0 Å². The smallest absolute Gasteiger partial charge is 0.264 e. The Balaban J connectivity index is 2.01. The molecule has 1 amide bonds. The Hall–Kier alpha value is -2.72. The first-order valence-corrected chi connectivity index (χ1v) is 8.23. The van der Waals surface area contributed by atoms with Gasteiger partial charge in [-0.05, 0) is 31.5 Å². The van der Waals surface area contributed by atoms with E-state index >= 15 is 0 Å². The van der Waals surface area contributed by atoms with Gasteiger partial charge in [0.15, 0.2) is 11.4 Å². The van der Waals surface area contributed by atoms with Gasteiger partial charge in [-0.1, -0.05) is 42.0 Å². The van der Waals surface area contributed by atoms with E-state index in [1.807, 2.05) is 26.0 Å². The number of nitrogens with zero attached hydrogens (tertiary/aromatic N) is 1. The van der Waals surface area contributed by atoms with Crippen molar-refractivity contribution in [2.24, 2.45) is 0 Å². The van der Waals surface area contributed by atoms with Crippen molar-refractivity contribution in [1.29, 1.82) is 0 Å². The lowest BCUT2D eigenvalue weighted by atomic mass is 9.87. The third-order valence-electron chi connectivity index (χ3n) is 4.66. The zero-order valence-electron chi connectivity index (χ0n) is 14.5. The summed E-state index contributed by atoms with van der Waals surface area (Å²) in [4.78, 5) is 27.2. The Kier molecular flexibility index (Phi) is 4.31. The second kappa shape index (κ2) is 6.30. The fourth-order valence-electron chi connectivity index (χ4n) is 3.35. The van der Waals surface area contributed by atoms with Crippen LogP contribution in [-0.2, 0) is 10.4 Å². The topological polar surface area (TPSA) is 57.6 Å². The average Bonchev–Trinajstić information content (AvgIpc) is 2.80. The Morgan fingerprint density at radius 2 is 1.96 bits per heavy atom. The van der Waals surface area contributed by atoms with Crippen LogP contribution in [0.3, 0.4) is 0 Å². The van der Waals surface area contributed by atoms with Gasteiger partial charge in [0.1, 0.15) is 0 Å². The van der Waals surface area contributed by atoms with Crippen molar-refractivity contribution in [2.75, 3.05) is 11.4 Å². The average molecular weight is 335 g/mol. The molecule has 1 N–H and O–H groups in total. The van der Waals surface area contributed by atoms with E-state index in [0.29, 0.717) is 16.8 Å². The summed E-state index contributed by atoms with van der Waals surface area (Å²) in [5, 5.41) is 11.2. The molecule has 128 valence electrons. The zero-order valence-corrected chi connectivity index (χ0v) is 14.5. The lowest BCUT2D eigenvalue weighted by molar-refractivity contribution is -0.135. The quantitative estimate of drug-likeness (QED) is 0.674. The molecule has 25 heavy (non-hydrogen) atoms. The molecule has 0 aliphatic carbocycles. The summed E-state index contributed by atoms with van der Waals surface area (Å²) in [6, 6.07) is 12.7. The normalized spacial score (nSPS) is 19.0. The molecule has 0 saturated heterocycles. The highest BCUT2D eigenvalue weighted by molar-refractivity contribution is 6.11. The molecule has 1 aliphatic heterocycles. The summed E-state index contributed by atoms with van der Waals surface area (Å²) >= 11 is 0. The van der Waals surface area contributed by atoms with E-state index in [1.165, 1.54) is 4.90 Å². The van der Waals surface area contributed by atoms with Gasteiger partial charge in [-0.15, -0.1) is 6.58 Å². The van der Waals surface area contributed by atoms with Crippen molar-refractivity contribution in [3.05, 3.63) is 77.4 Å². The van der Waals surface area contributed by atoms with Crippen LogP contribution in [0.5, 0.6) is 0 Å².